The van der Waals surface area contributed by atoms with Crippen LogP contribution in [-0.2, 0) is 4.74 Å². The summed E-state index contributed by atoms with van der Waals surface area (Å²) < 4.78 is 5.30. The molecule has 1 unspecified atom stereocenters. The van der Waals surface area contributed by atoms with Gasteiger partial charge in [-0.3, -0.25) is 0 Å². The Balaban J connectivity index is 2.38. The second kappa shape index (κ2) is 7.75. The summed E-state index contributed by atoms with van der Waals surface area (Å²) in [5.41, 5.74) is 0.234. The molecule has 18 heavy (non-hydrogen) atoms. The third-order valence-electron chi connectivity index (χ3n) is 2.90. The number of esters is 1. The van der Waals surface area contributed by atoms with Crippen LogP contribution in [0.3, 0.4) is 0 Å². The van der Waals surface area contributed by atoms with Gasteiger partial charge in [0.25, 0.3) is 0 Å². The minimum Gasteiger partial charge on any atom is -0.507 e. The van der Waals surface area contributed by atoms with E-state index < -0.39 is 5.97 Å². The lowest BCUT2D eigenvalue weighted by Gasteiger charge is -2.13. The minimum absolute atomic E-state index is 0.0271. The van der Waals surface area contributed by atoms with Crippen molar-refractivity contribution in [3.63, 3.8) is 0 Å². The topological polar surface area (TPSA) is 46.5 Å². The first kappa shape index (κ1) is 14.6. The van der Waals surface area contributed by atoms with Gasteiger partial charge in [0.15, 0.2) is 0 Å². The second-order valence-corrected chi connectivity index (χ2v) is 4.58. The van der Waals surface area contributed by atoms with Crippen molar-refractivity contribution in [2.75, 3.05) is 0 Å². The van der Waals surface area contributed by atoms with Crippen LogP contribution in [0.25, 0.3) is 0 Å². The van der Waals surface area contributed by atoms with Crippen LogP contribution < -0.4 is 0 Å². The largest absolute Gasteiger partial charge is 0.507 e. The molecule has 1 aromatic carbocycles. The number of hydrogen-bond acceptors (Lipinski definition) is 3. The molecule has 1 aromatic rings. The maximum Gasteiger partial charge on any atom is 0.342 e. The number of rotatable bonds is 7. The van der Waals surface area contributed by atoms with Crippen molar-refractivity contribution in [3.8, 4) is 5.75 Å². The molecule has 0 amide bonds. The van der Waals surface area contributed by atoms with E-state index in [9.17, 15) is 9.90 Å². The molecule has 100 valence electrons. The van der Waals surface area contributed by atoms with Gasteiger partial charge in [-0.05, 0) is 31.9 Å². The average Bonchev–Trinajstić information content (AvgIpc) is 2.35. The number of ether oxygens (including phenoxy) is 1. The highest BCUT2D eigenvalue weighted by Gasteiger charge is 2.14. The summed E-state index contributed by atoms with van der Waals surface area (Å²) in [6.45, 7) is 4.06. The molecule has 1 atom stereocenters. The molecule has 0 bridgehead atoms. The fraction of sp³-hybridized carbons (Fsp3) is 0.533. The highest BCUT2D eigenvalue weighted by molar-refractivity contribution is 5.92. The van der Waals surface area contributed by atoms with Crippen LogP contribution in [0.1, 0.15) is 56.3 Å². The number of aromatic hydroxyl groups is 1. The van der Waals surface area contributed by atoms with Crippen molar-refractivity contribution in [2.24, 2.45) is 0 Å². The molecule has 1 N–H and O–H groups in total. The number of unbranched alkanes of at least 4 members (excludes halogenated alkanes) is 3. The Bertz CT molecular complexity index is 374. The van der Waals surface area contributed by atoms with E-state index in [1.807, 2.05) is 6.92 Å². The van der Waals surface area contributed by atoms with Gasteiger partial charge in [-0.1, -0.05) is 38.3 Å². The lowest BCUT2D eigenvalue weighted by Crippen LogP contribution is -2.15. The smallest absolute Gasteiger partial charge is 0.342 e. The third kappa shape index (κ3) is 4.78. The molecule has 0 aliphatic rings. The molecule has 0 saturated heterocycles. The zero-order valence-electron chi connectivity index (χ0n) is 11.2. The first-order valence-electron chi connectivity index (χ1n) is 6.64. The van der Waals surface area contributed by atoms with E-state index in [0.717, 1.165) is 12.8 Å². The van der Waals surface area contributed by atoms with Crippen molar-refractivity contribution < 1.29 is 14.6 Å². The summed E-state index contributed by atoms with van der Waals surface area (Å²) in [6.07, 6.45) is 5.44. The summed E-state index contributed by atoms with van der Waals surface area (Å²) in [4.78, 5) is 11.8. The first-order chi connectivity index (χ1) is 8.65. The van der Waals surface area contributed by atoms with Crippen molar-refractivity contribution in [1.82, 2.24) is 0 Å². The summed E-state index contributed by atoms with van der Waals surface area (Å²) in [7, 11) is 0. The van der Waals surface area contributed by atoms with Crippen molar-refractivity contribution in [3.05, 3.63) is 29.8 Å². The molecule has 0 aliphatic carbocycles. The fourth-order valence-electron chi connectivity index (χ4n) is 1.81. The Morgan fingerprint density at radius 2 is 2.00 bits per heavy atom. The van der Waals surface area contributed by atoms with Crippen LogP contribution in [0.5, 0.6) is 5.75 Å². The average molecular weight is 250 g/mol. The standard InChI is InChI=1S/C15H22O3/c1-3-4-5-6-9-12(2)18-15(17)13-10-7-8-11-14(13)16/h7-8,10-12,16H,3-6,9H2,1-2H3. The van der Waals surface area contributed by atoms with E-state index in [0.29, 0.717) is 0 Å². The Hall–Kier alpha value is -1.51. The van der Waals surface area contributed by atoms with Gasteiger partial charge in [0, 0.05) is 0 Å². The molecule has 0 aromatic heterocycles. The van der Waals surface area contributed by atoms with E-state index >= 15 is 0 Å². The highest BCUT2D eigenvalue weighted by atomic mass is 16.5. The Morgan fingerprint density at radius 3 is 2.67 bits per heavy atom. The molecule has 0 saturated carbocycles. The van der Waals surface area contributed by atoms with Crippen molar-refractivity contribution >= 4 is 5.97 Å². The summed E-state index contributed by atoms with van der Waals surface area (Å²) in [6, 6.07) is 6.45. The van der Waals surface area contributed by atoms with Crippen molar-refractivity contribution in [1.29, 1.82) is 0 Å². The van der Waals surface area contributed by atoms with Crippen LogP contribution in [-0.4, -0.2) is 17.2 Å². The normalized spacial score (nSPS) is 12.1. The lowest BCUT2D eigenvalue weighted by molar-refractivity contribution is 0.0316. The molecule has 0 radical (unpaired) electrons. The highest BCUT2D eigenvalue weighted by Crippen LogP contribution is 2.18. The molecule has 1 rings (SSSR count). The number of carbonyl (C=O) groups excluding carboxylic acids is 1. The van der Waals surface area contributed by atoms with Crippen LogP contribution in [0.15, 0.2) is 24.3 Å². The number of benzene rings is 1. The van der Waals surface area contributed by atoms with E-state index in [2.05, 4.69) is 6.92 Å². The van der Waals surface area contributed by atoms with Crippen LogP contribution >= 0.6 is 0 Å². The van der Waals surface area contributed by atoms with Gasteiger partial charge in [-0.2, -0.15) is 0 Å². The zero-order valence-corrected chi connectivity index (χ0v) is 11.2. The monoisotopic (exact) mass is 250 g/mol. The third-order valence-corrected chi connectivity index (χ3v) is 2.90. The maximum absolute atomic E-state index is 11.8. The Kier molecular flexibility index (Phi) is 6.26. The van der Waals surface area contributed by atoms with Gasteiger partial charge in [0.2, 0.25) is 0 Å². The SMILES string of the molecule is CCCCCCC(C)OC(=O)c1ccccc1O. The van der Waals surface area contributed by atoms with Crippen LogP contribution in [0.2, 0.25) is 0 Å². The molecule has 0 heterocycles. The molecule has 3 heteroatoms. The lowest BCUT2D eigenvalue weighted by atomic mass is 10.1. The Morgan fingerprint density at radius 1 is 1.28 bits per heavy atom. The number of hydrogen-bond donors (Lipinski definition) is 1. The molecule has 0 spiro atoms. The Labute approximate surface area is 109 Å². The summed E-state index contributed by atoms with van der Waals surface area (Å²) in [5, 5.41) is 9.54. The van der Waals surface area contributed by atoms with E-state index in [1.54, 1.807) is 18.2 Å². The predicted molar refractivity (Wildman–Crippen MR) is 71.7 cm³/mol. The number of carbonyl (C=O) groups is 1. The van der Waals surface area contributed by atoms with Gasteiger partial charge in [-0.25, -0.2) is 4.79 Å². The van der Waals surface area contributed by atoms with E-state index in [-0.39, 0.29) is 17.4 Å². The summed E-state index contributed by atoms with van der Waals surface area (Å²) >= 11 is 0. The number of para-hydroxylation sites is 1. The quantitative estimate of drug-likeness (QED) is 0.589. The molecular formula is C15H22O3. The molecule has 3 nitrogen and oxygen atoms in total. The van der Waals surface area contributed by atoms with E-state index in [4.69, 9.17) is 4.74 Å². The molecule has 0 fully saturated rings. The van der Waals surface area contributed by atoms with Crippen molar-refractivity contribution in [2.45, 2.75) is 52.1 Å². The predicted octanol–water partition coefficient (Wildman–Crippen LogP) is 3.91. The van der Waals surface area contributed by atoms with Gasteiger partial charge < -0.3 is 9.84 Å². The molecular weight excluding hydrogens is 228 g/mol. The van der Waals surface area contributed by atoms with Gasteiger partial charge in [-0.15, -0.1) is 0 Å². The molecule has 0 aliphatic heterocycles. The first-order valence-corrected chi connectivity index (χ1v) is 6.64. The maximum atomic E-state index is 11.8. The van der Waals surface area contributed by atoms with E-state index in [1.165, 1.54) is 25.3 Å². The summed E-state index contributed by atoms with van der Waals surface area (Å²) in [5.74, 6) is -0.475. The van der Waals surface area contributed by atoms with Gasteiger partial charge in [0.1, 0.15) is 11.3 Å². The van der Waals surface area contributed by atoms with Gasteiger partial charge in [0.05, 0.1) is 6.10 Å². The van der Waals surface area contributed by atoms with Gasteiger partial charge >= 0.3 is 5.97 Å². The zero-order chi connectivity index (χ0) is 13.4. The number of phenolic OH excluding ortho intramolecular Hbond substituents is 1. The number of phenols is 1. The van der Waals surface area contributed by atoms with Crippen LogP contribution in [0, 0.1) is 0 Å². The minimum atomic E-state index is -0.448. The second-order valence-electron chi connectivity index (χ2n) is 4.58. The van der Waals surface area contributed by atoms with Crippen LogP contribution in [0.4, 0.5) is 0 Å². The fourth-order valence-corrected chi connectivity index (χ4v) is 1.81.